The summed E-state index contributed by atoms with van der Waals surface area (Å²) >= 11 is 0. The van der Waals surface area contributed by atoms with Crippen LogP contribution in [-0.4, -0.2) is 50.1 Å². The predicted octanol–water partition coefficient (Wildman–Crippen LogP) is -0.194. The molecule has 0 bridgehead atoms. The zero-order valence-corrected chi connectivity index (χ0v) is 9.18. The van der Waals surface area contributed by atoms with Crippen LogP contribution in [0.3, 0.4) is 0 Å². The minimum atomic E-state index is 0.119. The average Bonchev–Trinajstić information content (AvgIpc) is 2.56. The third-order valence-electron chi connectivity index (χ3n) is 2.48. The molecule has 1 aliphatic heterocycles. The van der Waals surface area contributed by atoms with E-state index < -0.39 is 0 Å². The van der Waals surface area contributed by atoms with Crippen molar-refractivity contribution in [3.05, 3.63) is 0 Å². The molecule has 0 spiro atoms. The summed E-state index contributed by atoms with van der Waals surface area (Å²) in [6, 6.07) is 0.578. The minimum absolute atomic E-state index is 0.119. The first kappa shape index (κ1) is 11.5. The number of nitrogens with one attached hydrogen (secondary N) is 2. The summed E-state index contributed by atoms with van der Waals surface area (Å²) in [6.45, 7) is 5.26. The number of rotatable bonds is 5. The van der Waals surface area contributed by atoms with Gasteiger partial charge in [0.15, 0.2) is 0 Å². The van der Waals surface area contributed by atoms with Crippen molar-refractivity contribution in [2.75, 3.05) is 33.2 Å². The van der Waals surface area contributed by atoms with Crippen molar-refractivity contribution in [2.45, 2.75) is 25.8 Å². The first-order valence-corrected chi connectivity index (χ1v) is 5.41. The van der Waals surface area contributed by atoms with Gasteiger partial charge < -0.3 is 10.6 Å². The first-order chi connectivity index (χ1) is 6.72. The van der Waals surface area contributed by atoms with Gasteiger partial charge in [-0.3, -0.25) is 9.69 Å². The molecule has 1 saturated heterocycles. The van der Waals surface area contributed by atoms with Gasteiger partial charge in [-0.2, -0.15) is 0 Å². The molecule has 0 saturated carbocycles. The van der Waals surface area contributed by atoms with Crippen molar-refractivity contribution in [1.82, 2.24) is 15.5 Å². The lowest BCUT2D eigenvalue weighted by molar-refractivity contribution is -0.121. The fourth-order valence-electron chi connectivity index (χ4n) is 1.85. The molecule has 0 aliphatic carbocycles. The third kappa shape index (κ3) is 4.07. The van der Waals surface area contributed by atoms with Crippen LogP contribution in [0.5, 0.6) is 0 Å². The van der Waals surface area contributed by atoms with Gasteiger partial charge in [0.25, 0.3) is 0 Å². The monoisotopic (exact) mass is 199 g/mol. The Morgan fingerprint density at radius 1 is 1.64 bits per heavy atom. The summed E-state index contributed by atoms with van der Waals surface area (Å²) in [7, 11) is 2.00. The molecule has 0 radical (unpaired) electrons. The maximum Gasteiger partial charge on any atom is 0.234 e. The maximum absolute atomic E-state index is 11.3. The van der Waals surface area contributed by atoms with Gasteiger partial charge in [-0.05, 0) is 33.4 Å². The van der Waals surface area contributed by atoms with Gasteiger partial charge in [-0.25, -0.2) is 0 Å². The number of nitrogens with zero attached hydrogens (tertiary/aromatic N) is 1. The summed E-state index contributed by atoms with van der Waals surface area (Å²) in [5.74, 6) is 0.119. The SMILES string of the molecule is CCNC(=O)CN(C)C[C@@H]1CCCN1. The van der Waals surface area contributed by atoms with Gasteiger partial charge in [0, 0.05) is 19.1 Å². The normalized spacial score (nSPS) is 21.5. The molecule has 0 aromatic rings. The quantitative estimate of drug-likeness (QED) is 0.645. The summed E-state index contributed by atoms with van der Waals surface area (Å²) in [5.41, 5.74) is 0. The molecule has 2 N–H and O–H groups in total. The zero-order chi connectivity index (χ0) is 10.4. The van der Waals surface area contributed by atoms with E-state index in [-0.39, 0.29) is 5.91 Å². The van der Waals surface area contributed by atoms with E-state index in [2.05, 4.69) is 15.5 Å². The van der Waals surface area contributed by atoms with Gasteiger partial charge in [-0.15, -0.1) is 0 Å². The largest absolute Gasteiger partial charge is 0.355 e. The van der Waals surface area contributed by atoms with Crippen LogP contribution >= 0.6 is 0 Å². The summed E-state index contributed by atoms with van der Waals surface area (Å²) in [4.78, 5) is 13.3. The van der Waals surface area contributed by atoms with Crippen molar-refractivity contribution in [3.8, 4) is 0 Å². The van der Waals surface area contributed by atoms with Crippen molar-refractivity contribution in [1.29, 1.82) is 0 Å². The molecule has 1 rings (SSSR count). The van der Waals surface area contributed by atoms with Gasteiger partial charge in [-0.1, -0.05) is 0 Å². The molecule has 14 heavy (non-hydrogen) atoms. The van der Waals surface area contributed by atoms with E-state index >= 15 is 0 Å². The van der Waals surface area contributed by atoms with Crippen molar-refractivity contribution in [3.63, 3.8) is 0 Å². The lowest BCUT2D eigenvalue weighted by Crippen LogP contribution is -2.41. The van der Waals surface area contributed by atoms with Crippen LogP contribution in [0.4, 0.5) is 0 Å². The number of carbonyl (C=O) groups excluding carboxylic acids is 1. The predicted molar refractivity (Wildman–Crippen MR) is 57.2 cm³/mol. The molecule has 1 amide bonds. The Morgan fingerprint density at radius 3 is 3.00 bits per heavy atom. The highest BCUT2D eigenvalue weighted by Gasteiger charge is 2.16. The molecular formula is C10H21N3O. The second kappa shape index (κ2) is 5.98. The molecule has 1 aliphatic rings. The third-order valence-corrected chi connectivity index (χ3v) is 2.48. The van der Waals surface area contributed by atoms with Gasteiger partial charge in [0.1, 0.15) is 0 Å². The second-order valence-corrected chi connectivity index (χ2v) is 3.94. The fraction of sp³-hybridized carbons (Fsp3) is 0.900. The van der Waals surface area contributed by atoms with Crippen LogP contribution in [0.15, 0.2) is 0 Å². The van der Waals surface area contributed by atoms with E-state index in [4.69, 9.17) is 0 Å². The molecule has 0 aromatic carbocycles. The highest BCUT2D eigenvalue weighted by atomic mass is 16.1. The van der Waals surface area contributed by atoms with Crippen LogP contribution < -0.4 is 10.6 Å². The molecule has 4 heteroatoms. The van der Waals surface area contributed by atoms with E-state index in [0.717, 1.165) is 13.1 Å². The van der Waals surface area contributed by atoms with Crippen molar-refractivity contribution < 1.29 is 4.79 Å². The van der Waals surface area contributed by atoms with Crippen LogP contribution in [0.2, 0.25) is 0 Å². The summed E-state index contributed by atoms with van der Waals surface area (Å²) in [5, 5.41) is 6.22. The fourth-order valence-corrected chi connectivity index (χ4v) is 1.85. The molecule has 1 fully saturated rings. The Hall–Kier alpha value is -0.610. The molecular weight excluding hydrogens is 178 g/mol. The number of amides is 1. The van der Waals surface area contributed by atoms with Crippen LogP contribution in [0.1, 0.15) is 19.8 Å². The Bertz CT molecular complexity index is 178. The molecule has 1 atom stereocenters. The molecule has 4 nitrogen and oxygen atoms in total. The highest BCUT2D eigenvalue weighted by molar-refractivity contribution is 5.77. The van der Waals surface area contributed by atoms with Crippen molar-refractivity contribution >= 4 is 5.91 Å². The van der Waals surface area contributed by atoms with Crippen LogP contribution in [0, 0.1) is 0 Å². The molecule has 0 aromatic heterocycles. The molecule has 82 valence electrons. The Labute approximate surface area is 86.0 Å². The maximum atomic E-state index is 11.3. The lowest BCUT2D eigenvalue weighted by atomic mass is 10.2. The topological polar surface area (TPSA) is 44.4 Å². The van der Waals surface area contributed by atoms with E-state index in [9.17, 15) is 4.79 Å². The minimum Gasteiger partial charge on any atom is -0.355 e. The van der Waals surface area contributed by atoms with Gasteiger partial charge in [0.2, 0.25) is 5.91 Å². The first-order valence-electron chi connectivity index (χ1n) is 5.41. The molecule has 1 heterocycles. The smallest absolute Gasteiger partial charge is 0.234 e. The van der Waals surface area contributed by atoms with Crippen LogP contribution in [0.25, 0.3) is 0 Å². The van der Waals surface area contributed by atoms with E-state index in [1.54, 1.807) is 0 Å². The summed E-state index contributed by atoms with van der Waals surface area (Å²) < 4.78 is 0. The standard InChI is InChI=1S/C10H21N3O/c1-3-11-10(14)8-13(2)7-9-5-4-6-12-9/h9,12H,3-8H2,1-2H3,(H,11,14)/t9-/m0/s1. The highest BCUT2D eigenvalue weighted by Crippen LogP contribution is 2.05. The van der Waals surface area contributed by atoms with Gasteiger partial charge in [0.05, 0.1) is 6.54 Å². The average molecular weight is 199 g/mol. The number of hydrogen-bond donors (Lipinski definition) is 2. The molecule has 0 unspecified atom stereocenters. The Morgan fingerprint density at radius 2 is 2.43 bits per heavy atom. The summed E-state index contributed by atoms with van der Waals surface area (Å²) in [6.07, 6.45) is 2.50. The lowest BCUT2D eigenvalue weighted by Gasteiger charge is -2.20. The Kier molecular flexibility index (Phi) is 4.90. The van der Waals surface area contributed by atoms with E-state index in [0.29, 0.717) is 19.1 Å². The van der Waals surface area contributed by atoms with E-state index in [1.165, 1.54) is 12.8 Å². The van der Waals surface area contributed by atoms with Gasteiger partial charge >= 0.3 is 0 Å². The zero-order valence-electron chi connectivity index (χ0n) is 9.18. The number of likely N-dealkylation sites (N-methyl/N-ethyl adjacent to an activating group) is 2. The second-order valence-electron chi connectivity index (χ2n) is 3.94. The Balaban J connectivity index is 2.14. The van der Waals surface area contributed by atoms with E-state index in [1.807, 2.05) is 14.0 Å². The number of carbonyl (C=O) groups is 1. The van der Waals surface area contributed by atoms with Crippen LogP contribution in [-0.2, 0) is 4.79 Å². The van der Waals surface area contributed by atoms with Crippen molar-refractivity contribution in [2.24, 2.45) is 0 Å². The number of hydrogen-bond acceptors (Lipinski definition) is 3.